The number of benzene rings is 1. The lowest BCUT2D eigenvalue weighted by atomic mass is 10.1. The summed E-state index contributed by atoms with van der Waals surface area (Å²) in [4.78, 5) is 14.6. The molecular weight excluding hydrogens is 344 g/mol. The van der Waals surface area contributed by atoms with Gasteiger partial charge in [0.1, 0.15) is 5.75 Å². The molecule has 0 bridgehead atoms. The van der Waals surface area contributed by atoms with Gasteiger partial charge in [0.15, 0.2) is 0 Å². The summed E-state index contributed by atoms with van der Waals surface area (Å²) in [6, 6.07) is 7.75. The van der Waals surface area contributed by atoms with Crippen molar-refractivity contribution < 1.29 is 19.0 Å². The maximum Gasteiger partial charge on any atom is 0.225 e. The van der Waals surface area contributed by atoms with Crippen LogP contribution in [0.3, 0.4) is 0 Å². The molecule has 1 heterocycles. The van der Waals surface area contributed by atoms with E-state index >= 15 is 0 Å². The fourth-order valence-electron chi connectivity index (χ4n) is 2.91. The summed E-state index contributed by atoms with van der Waals surface area (Å²) in [6.45, 7) is 2.16. The lowest BCUT2D eigenvalue weighted by Crippen LogP contribution is -2.40. The molecule has 0 spiro atoms. The number of nitrogens with two attached hydrogens (primary N) is 1. The van der Waals surface area contributed by atoms with Crippen LogP contribution in [-0.4, -0.2) is 56.9 Å². The number of methoxy groups -OCH3 is 2. The van der Waals surface area contributed by atoms with Crippen LogP contribution in [-0.2, 0) is 20.8 Å². The highest BCUT2D eigenvalue weighted by molar-refractivity contribution is 5.85. The number of ether oxygens (including phenoxy) is 3. The molecule has 1 saturated heterocycles. The van der Waals surface area contributed by atoms with E-state index in [4.69, 9.17) is 19.9 Å². The molecule has 2 N–H and O–H groups in total. The number of amides is 1. The van der Waals surface area contributed by atoms with Crippen LogP contribution >= 0.6 is 12.4 Å². The van der Waals surface area contributed by atoms with E-state index in [0.29, 0.717) is 19.6 Å². The molecule has 1 aliphatic heterocycles. The number of rotatable bonds is 9. The molecule has 0 aliphatic carbocycles. The fraction of sp³-hybridized carbons (Fsp3) is 0.611. The van der Waals surface area contributed by atoms with Crippen molar-refractivity contribution in [1.29, 1.82) is 0 Å². The van der Waals surface area contributed by atoms with Crippen LogP contribution in [0.2, 0.25) is 0 Å². The van der Waals surface area contributed by atoms with E-state index in [0.717, 1.165) is 30.8 Å². The van der Waals surface area contributed by atoms with Crippen LogP contribution in [0.15, 0.2) is 24.3 Å². The molecule has 2 rings (SSSR count). The number of carbonyl (C=O) groups is 1. The highest BCUT2D eigenvalue weighted by Gasteiger charge is 2.25. The van der Waals surface area contributed by atoms with Crippen molar-refractivity contribution in [1.82, 2.24) is 4.90 Å². The molecule has 6 nitrogen and oxygen atoms in total. The maximum atomic E-state index is 12.8. The molecule has 0 saturated carbocycles. The van der Waals surface area contributed by atoms with Gasteiger partial charge in [0, 0.05) is 38.9 Å². The Hall–Kier alpha value is -1.34. The molecule has 2 atom stereocenters. The van der Waals surface area contributed by atoms with Crippen molar-refractivity contribution in [2.24, 2.45) is 5.73 Å². The third kappa shape index (κ3) is 6.47. The highest BCUT2D eigenvalue weighted by Crippen LogP contribution is 2.22. The topological polar surface area (TPSA) is 74.0 Å². The van der Waals surface area contributed by atoms with Gasteiger partial charge in [0.2, 0.25) is 5.91 Å². The van der Waals surface area contributed by atoms with Crippen LogP contribution < -0.4 is 10.5 Å². The van der Waals surface area contributed by atoms with Gasteiger partial charge in [0.25, 0.3) is 0 Å². The standard InChI is InChI=1S/C18H28N2O4.ClH/c1-22-16(11-19)10-18(21)20(13-15-7-5-9-24-15)12-14-6-3-4-8-17(14)23-2;/h3-4,6,8,15-16H,5,7,9-13,19H2,1-2H3;1H. The number of carbonyl (C=O) groups excluding carboxylic acids is 1. The van der Waals surface area contributed by atoms with Gasteiger partial charge in [-0.1, -0.05) is 18.2 Å². The third-order valence-corrected chi connectivity index (χ3v) is 4.35. The smallest absolute Gasteiger partial charge is 0.225 e. The van der Waals surface area contributed by atoms with Gasteiger partial charge in [-0.2, -0.15) is 0 Å². The van der Waals surface area contributed by atoms with Crippen molar-refractivity contribution in [3.05, 3.63) is 29.8 Å². The average molecular weight is 373 g/mol. The molecule has 1 fully saturated rings. The van der Waals surface area contributed by atoms with Gasteiger partial charge in [0.05, 0.1) is 25.7 Å². The first-order valence-corrected chi connectivity index (χ1v) is 8.42. The Labute approximate surface area is 156 Å². The van der Waals surface area contributed by atoms with Crippen LogP contribution in [0.25, 0.3) is 0 Å². The molecule has 1 amide bonds. The van der Waals surface area contributed by atoms with Gasteiger partial charge in [-0.25, -0.2) is 0 Å². The Morgan fingerprint density at radius 2 is 2.16 bits per heavy atom. The molecule has 7 heteroatoms. The minimum Gasteiger partial charge on any atom is -0.496 e. The Bertz CT molecular complexity index is 520. The van der Waals surface area contributed by atoms with Crippen molar-refractivity contribution in [2.45, 2.75) is 38.0 Å². The summed E-state index contributed by atoms with van der Waals surface area (Å²) in [7, 11) is 3.22. The second-order valence-electron chi connectivity index (χ2n) is 6.02. The quantitative estimate of drug-likeness (QED) is 0.717. The predicted octanol–water partition coefficient (Wildman–Crippen LogP) is 1.99. The maximum absolute atomic E-state index is 12.8. The lowest BCUT2D eigenvalue weighted by Gasteiger charge is -2.27. The van der Waals surface area contributed by atoms with Crippen molar-refractivity contribution in [2.75, 3.05) is 33.9 Å². The zero-order chi connectivity index (χ0) is 17.4. The first kappa shape index (κ1) is 21.7. The Morgan fingerprint density at radius 3 is 2.76 bits per heavy atom. The fourth-order valence-corrected chi connectivity index (χ4v) is 2.91. The van der Waals surface area contributed by atoms with Gasteiger partial charge in [-0.15, -0.1) is 12.4 Å². The minimum atomic E-state index is -0.262. The second kappa shape index (κ2) is 11.3. The van der Waals surface area contributed by atoms with Crippen LogP contribution in [0.4, 0.5) is 0 Å². The van der Waals surface area contributed by atoms with E-state index in [-0.39, 0.29) is 36.9 Å². The van der Waals surface area contributed by atoms with Crippen molar-refractivity contribution in [3.63, 3.8) is 0 Å². The largest absolute Gasteiger partial charge is 0.496 e. The lowest BCUT2D eigenvalue weighted by molar-refractivity contribution is -0.135. The Kier molecular flexibility index (Phi) is 9.82. The highest BCUT2D eigenvalue weighted by atomic mass is 35.5. The average Bonchev–Trinajstić information content (AvgIpc) is 3.12. The molecule has 25 heavy (non-hydrogen) atoms. The molecule has 1 aliphatic rings. The number of nitrogens with zero attached hydrogens (tertiary/aromatic N) is 1. The van der Waals surface area contributed by atoms with Crippen LogP contribution in [0, 0.1) is 0 Å². The zero-order valence-electron chi connectivity index (χ0n) is 15.0. The van der Waals surface area contributed by atoms with Gasteiger partial charge >= 0.3 is 0 Å². The summed E-state index contributed by atoms with van der Waals surface area (Å²) in [5.74, 6) is 0.804. The van der Waals surface area contributed by atoms with Crippen LogP contribution in [0.5, 0.6) is 5.75 Å². The molecule has 0 radical (unpaired) electrons. The van der Waals surface area contributed by atoms with Crippen molar-refractivity contribution >= 4 is 18.3 Å². The van der Waals surface area contributed by atoms with Crippen LogP contribution in [0.1, 0.15) is 24.8 Å². The van der Waals surface area contributed by atoms with E-state index < -0.39 is 0 Å². The number of halogens is 1. The number of para-hydroxylation sites is 1. The van der Waals surface area contributed by atoms with Gasteiger partial charge < -0.3 is 24.8 Å². The predicted molar refractivity (Wildman–Crippen MR) is 99.1 cm³/mol. The molecule has 0 aromatic heterocycles. The molecule has 142 valence electrons. The van der Waals surface area contributed by atoms with Gasteiger partial charge in [-0.3, -0.25) is 4.79 Å². The van der Waals surface area contributed by atoms with E-state index in [2.05, 4.69) is 0 Å². The first-order valence-electron chi connectivity index (χ1n) is 8.42. The van der Waals surface area contributed by atoms with Gasteiger partial charge in [-0.05, 0) is 18.9 Å². The molecule has 1 aromatic rings. The second-order valence-corrected chi connectivity index (χ2v) is 6.02. The Morgan fingerprint density at radius 1 is 1.40 bits per heavy atom. The zero-order valence-corrected chi connectivity index (χ0v) is 15.8. The third-order valence-electron chi connectivity index (χ3n) is 4.35. The SMILES string of the molecule is COc1ccccc1CN(CC1CCCO1)C(=O)CC(CN)OC.Cl. The first-order chi connectivity index (χ1) is 11.7. The monoisotopic (exact) mass is 372 g/mol. The normalized spacial score (nSPS) is 17.6. The summed E-state index contributed by atoms with van der Waals surface area (Å²) in [6.07, 6.45) is 2.14. The van der Waals surface area contributed by atoms with Crippen molar-refractivity contribution in [3.8, 4) is 5.75 Å². The van der Waals surface area contributed by atoms with E-state index in [9.17, 15) is 4.79 Å². The Balaban J connectivity index is 0.00000312. The molecule has 2 unspecified atom stereocenters. The number of hydrogen-bond acceptors (Lipinski definition) is 5. The van der Waals surface area contributed by atoms with E-state index in [1.807, 2.05) is 29.2 Å². The van der Waals surface area contributed by atoms with E-state index in [1.54, 1.807) is 14.2 Å². The number of hydrogen-bond donors (Lipinski definition) is 1. The van der Waals surface area contributed by atoms with E-state index in [1.165, 1.54) is 0 Å². The summed E-state index contributed by atoms with van der Waals surface area (Å²) in [5, 5.41) is 0. The summed E-state index contributed by atoms with van der Waals surface area (Å²) < 4.78 is 16.4. The molecular formula is C18H29ClN2O4. The minimum absolute atomic E-state index is 0. The summed E-state index contributed by atoms with van der Waals surface area (Å²) >= 11 is 0. The summed E-state index contributed by atoms with van der Waals surface area (Å²) in [5.41, 5.74) is 6.63. The molecule has 1 aromatic carbocycles.